The van der Waals surface area contributed by atoms with E-state index in [4.69, 9.17) is 0 Å². The fraction of sp³-hybridized carbons (Fsp3) is 0.722. The van der Waals surface area contributed by atoms with Crippen LogP contribution in [0.3, 0.4) is 0 Å². The van der Waals surface area contributed by atoms with Crippen LogP contribution in [0.4, 0.5) is 0 Å². The lowest BCUT2D eigenvalue weighted by atomic mass is 10.1. The molecule has 0 saturated heterocycles. The molecule has 0 saturated carbocycles. The summed E-state index contributed by atoms with van der Waals surface area (Å²) in [5.74, 6) is 0. The number of unbranched alkanes of at least 4 members (excludes halogenated alkanes) is 9. The zero-order valence-electron chi connectivity index (χ0n) is 13.7. The highest BCUT2D eigenvalue weighted by Crippen LogP contribution is 2.07. The Morgan fingerprint density at radius 3 is 1.91 bits per heavy atom. The molecule has 0 aromatic rings. The smallest absolute Gasteiger partial charge is 0.203 e. The second-order valence-corrected chi connectivity index (χ2v) is 5.53. The van der Waals surface area contributed by atoms with Crippen LogP contribution in [-0.4, -0.2) is 17.8 Å². The van der Waals surface area contributed by atoms with E-state index >= 15 is 0 Å². The van der Waals surface area contributed by atoms with Crippen molar-refractivity contribution in [1.29, 1.82) is 0 Å². The number of hydrogen-bond donors (Lipinski definition) is 0. The number of allylic oxidation sites excluding steroid dienone is 4. The van der Waals surface area contributed by atoms with Gasteiger partial charge in [-0.05, 0) is 44.9 Å². The molecule has 0 bridgehead atoms. The summed E-state index contributed by atoms with van der Waals surface area (Å²) in [6.45, 7) is 0.0992. The summed E-state index contributed by atoms with van der Waals surface area (Å²) in [7, 11) is 0. The molecule has 4 nitrogen and oxygen atoms in total. The van der Waals surface area contributed by atoms with Crippen LogP contribution >= 0.6 is 0 Å². The van der Waals surface area contributed by atoms with Gasteiger partial charge in [0.1, 0.15) is 0 Å². The molecule has 125 valence electrons. The molecule has 0 aromatic heterocycles. The SMILES string of the molecule is O=[C]CCCCCCCC=CCC=CCCCCC[N+](=O)[O-]. The second kappa shape index (κ2) is 17.6. The number of rotatable bonds is 16. The van der Waals surface area contributed by atoms with Crippen molar-refractivity contribution in [3.05, 3.63) is 34.4 Å². The van der Waals surface area contributed by atoms with E-state index in [0.717, 1.165) is 44.9 Å². The first-order chi connectivity index (χ1) is 10.8. The van der Waals surface area contributed by atoms with E-state index in [0.29, 0.717) is 12.8 Å². The topological polar surface area (TPSA) is 60.2 Å². The summed E-state index contributed by atoms with van der Waals surface area (Å²) in [5, 5.41) is 10.1. The Morgan fingerprint density at radius 2 is 1.32 bits per heavy atom. The third-order valence-electron chi connectivity index (χ3n) is 3.47. The molecule has 0 atom stereocenters. The van der Waals surface area contributed by atoms with E-state index in [1.807, 2.05) is 6.29 Å². The van der Waals surface area contributed by atoms with Crippen molar-refractivity contribution in [2.24, 2.45) is 0 Å². The van der Waals surface area contributed by atoms with Crippen LogP contribution in [0.2, 0.25) is 0 Å². The van der Waals surface area contributed by atoms with Crippen molar-refractivity contribution in [3.8, 4) is 0 Å². The van der Waals surface area contributed by atoms with Crippen LogP contribution in [0, 0.1) is 10.1 Å². The zero-order chi connectivity index (χ0) is 16.3. The number of hydrogen-bond acceptors (Lipinski definition) is 3. The maximum atomic E-state index is 10.1. The van der Waals surface area contributed by atoms with Crippen LogP contribution in [-0.2, 0) is 4.79 Å². The average molecular weight is 308 g/mol. The molecule has 0 fully saturated rings. The third kappa shape index (κ3) is 18.6. The normalized spacial score (nSPS) is 11.5. The fourth-order valence-electron chi connectivity index (χ4n) is 2.18. The molecule has 0 heterocycles. The van der Waals surface area contributed by atoms with Gasteiger partial charge in [0, 0.05) is 17.8 Å². The molecule has 0 rings (SSSR count). The Kier molecular flexibility index (Phi) is 16.4. The molecule has 0 N–H and O–H groups in total. The average Bonchev–Trinajstić information content (AvgIpc) is 2.50. The Morgan fingerprint density at radius 1 is 0.773 bits per heavy atom. The largest absolute Gasteiger partial charge is 0.291 e. The van der Waals surface area contributed by atoms with Crippen LogP contribution in [0.15, 0.2) is 24.3 Å². The van der Waals surface area contributed by atoms with E-state index in [-0.39, 0.29) is 11.5 Å². The van der Waals surface area contributed by atoms with Crippen LogP contribution in [0.25, 0.3) is 0 Å². The minimum atomic E-state index is -0.246. The quantitative estimate of drug-likeness (QED) is 0.171. The molecule has 4 heteroatoms. The molecule has 1 radical (unpaired) electrons. The lowest BCUT2D eigenvalue weighted by molar-refractivity contribution is -0.480. The van der Waals surface area contributed by atoms with Gasteiger partial charge >= 0.3 is 0 Å². The van der Waals surface area contributed by atoms with Crippen molar-refractivity contribution in [3.63, 3.8) is 0 Å². The second-order valence-electron chi connectivity index (χ2n) is 5.53. The molecule has 0 unspecified atom stereocenters. The van der Waals surface area contributed by atoms with Crippen LogP contribution < -0.4 is 0 Å². The first-order valence-corrected chi connectivity index (χ1v) is 8.54. The molecule has 0 amide bonds. The van der Waals surface area contributed by atoms with Crippen molar-refractivity contribution in [1.82, 2.24) is 0 Å². The number of carbonyl (C=O) groups excluding carboxylic acids is 1. The molecule has 0 aliphatic carbocycles. The highest BCUT2D eigenvalue weighted by molar-refractivity contribution is 5.50. The summed E-state index contributed by atoms with van der Waals surface area (Å²) in [6.07, 6.45) is 22.9. The van der Waals surface area contributed by atoms with Gasteiger partial charge in [-0.3, -0.25) is 14.9 Å². The Labute approximate surface area is 134 Å². The highest BCUT2D eigenvalue weighted by Gasteiger charge is 1.95. The van der Waals surface area contributed by atoms with Gasteiger partial charge in [0.15, 0.2) is 6.29 Å². The van der Waals surface area contributed by atoms with Gasteiger partial charge in [-0.15, -0.1) is 0 Å². The predicted octanol–water partition coefficient (Wildman–Crippen LogP) is 5.17. The summed E-state index contributed by atoms with van der Waals surface area (Å²) in [6, 6.07) is 0. The highest BCUT2D eigenvalue weighted by atomic mass is 16.6. The Hall–Kier alpha value is -1.45. The lowest BCUT2D eigenvalue weighted by Gasteiger charge is -1.97. The summed E-state index contributed by atoms with van der Waals surface area (Å²) in [4.78, 5) is 19.9. The fourth-order valence-corrected chi connectivity index (χ4v) is 2.18. The first kappa shape index (κ1) is 20.6. The van der Waals surface area contributed by atoms with Crippen LogP contribution in [0.5, 0.6) is 0 Å². The maximum Gasteiger partial charge on any atom is 0.203 e. The lowest BCUT2D eigenvalue weighted by Crippen LogP contribution is -1.99. The maximum absolute atomic E-state index is 10.1. The van der Waals surface area contributed by atoms with Crippen molar-refractivity contribution in [2.75, 3.05) is 6.54 Å². The minimum Gasteiger partial charge on any atom is -0.291 e. The Bertz CT molecular complexity index is 324. The summed E-state index contributed by atoms with van der Waals surface area (Å²) in [5.41, 5.74) is 0. The molecule has 0 aromatic carbocycles. The predicted molar refractivity (Wildman–Crippen MR) is 91.2 cm³/mol. The van der Waals surface area contributed by atoms with Gasteiger partial charge in [-0.1, -0.05) is 43.6 Å². The zero-order valence-corrected chi connectivity index (χ0v) is 13.7. The van der Waals surface area contributed by atoms with Crippen LogP contribution in [0.1, 0.15) is 77.0 Å². The van der Waals surface area contributed by atoms with E-state index in [1.165, 1.54) is 19.3 Å². The molecular formula is C18H30NO3. The molecule has 22 heavy (non-hydrogen) atoms. The molecule has 0 aliphatic heterocycles. The number of nitro groups is 1. The van der Waals surface area contributed by atoms with E-state index < -0.39 is 0 Å². The van der Waals surface area contributed by atoms with Gasteiger partial charge < -0.3 is 0 Å². The van der Waals surface area contributed by atoms with Gasteiger partial charge in [0.25, 0.3) is 0 Å². The summed E-state index contributed by atoms with van der Waals surface area (Å²) < 4.78 is 0. The molecule has 0 spiro atoms. The van der Waals surface area contributed by atoms with Crippen molar-refractivity contribution >= 4 is 6.29 Å². The van der Waals surface area contributed by atoms with Gasteiger partial charge in [-0.2, -0.15) is 0 Å². The molecule has 0 aliphatic rings. The molecular weight excluding hydrogens is 278 g/mol. The first-order valence-electron chi connectivity index (χ1n) is 8.54. The third-order valence-corrected chi connectivity index (χ3v) is 3.47. The van der Waals surface area contributed by atoms with Crippen molar-refractivity contribution < 1.29 is 9.72 Å². The monoisotopic (exact) mass is 308 g/mol. The standard InChI is InChI=1S/C18H30NO3/c20-18-16-14-12-10-8-6-4-2-1-3-5-7-9-11-13-15-17-19(21)22/h1-2,5,7H,3-4,6,8-17H2. The van der Waals surface area contributed by atoms with Gasteiger partial charge in [-0.25, -0.2) is 0 Å². The van der Waals surface area contributed by atoms with Gasteiger partial charge in [0.05, 0.1) is 0 Å². The Balaban J connectivity index is 3.20. The van der Waals surface area contributed by atoms with E-state index in [1.54, 1.807) is 0 Å². The van der Waals surface area contributed by atoms with E-state index in [9.17, 15) is 14.9 Å². The minimum absolute atomic E-state index is 0.0992. The van der Waals surface area contributed by atoms with E-state index in [2.05, 4.69) is 24.3 Å². The number of nitrogens with zero attached hydrogens (tertiary/aromatic N) is 1. The van der Waals surface area contributed by atoms with Crippen molar-refractivity contribution in [2.45, 2.75) is 77.0 Å². The van der Waals surface area contributed by atoms with Gasteiger partial charge in [0.2, 0.25) is 6.54 Å². The summed E-state index contributed by atoms with van der Waals surface area (Å²) >= 11 is 0.